The first kappa shape index (κ1) is 17.1. The molecule has 0 aliphatic carbocycles. The fourth-order valence-corrected chi connectivity index (χ4v) is 2.70. The molecule has 6 nitrogen and oxygen atoms in total. The quantitative estimate of drug-likeness (QED) is 0.830. The number of hydrogen-bond acceptors (Lipinski definition) is 4. The van der Waals surface area contributed by atoms with Gasteiger partial charge in [0.25, 0.3) is 0 Å². The maximum Gasteiger partial charge on any atom is 0.307 e. The monoisotopic (exact) mass is 355 g/mol. The Morgan fingerprint density at radius 3 is 2.43 bits per heavy atom. The zero-order valence-corrected chi connectivity index (χ0v) is 13.7. The van der Waals surface area contributed by atoms with Gasteiger partial charge in [-0.3, -0.25) is 9.52 Å². The Hall–Kier alpha value is -2.25. The summed E-state index contributed by atoms with van der Waals surface area (Å²) < 4.78 is 31.1. The van der Waals surface area contributed by atoms with E-state index in [1.54, 1.807) is 30.3 Å². The van der Waals surface area contributed by atoms with Crippen LogP contribution in [0.4, 0.5) is 5.69 Å². The summed E-state index contributed by atoms with van der Waals surface area (Å²) in [5.41, 5.74) is 0.366. The van der Waals surface area contributed by atoms with Gasteiger partial charge < -0.3 is 9.84 Å². The number of anilines is 1. The number of para-hydroxylation sites is 2. The standard InChI is InChI=1S/C15H14ClNO5S/c1-23(20,21)17-15-10(9-14(18)19)5-4-8-13(15)22-12-7-3-2-6-11(12)16/h2-8,17H,9H2,1H3,(H,18,19). The number of sulfonamides is 1. The lowest BCUT2D eigenvalue weighted by Crippen LogP contribution is -2.13. The van der Waals surface area contributed by atoms with E-state index in [1.807, 2.05) is 0 Å². The van der Waals surface area contributed by atoms with E-state index >= 15 is 0 Å². The van der Waals surface area contributed by atoms with Gasteiger partial charge in [0, 0.05) is 0 Å². The Morgan fingerprint density at radius 1 is 1.17 bits per heavy atom. The molecule has 2 aromatic rings. The number of carbonyl (C=O) groups is 1. The summed E-state index contributed by atoms with van der Waals surface area (Å²) in [4.78, 5) is 11.0. The summed E-state index contributed by atoms with van der Waals surface area (Å²) in [5.74, 6) is -0.586. The van der Waals surface area contributed by atoms with Gasteiger partial charge in [-0.1, -0.05) is 35.9 Å². The first-order valence-electron chi connectivity index (χ1n) is 6.50. The normalized spacial score (nSPS) is 11.0. The van der Waals surface area contributed by atoms with Gasteiger partial charge in [-0.05, 0) is 23.8 Å². The molecule has 2 rings (SSSR count). The Bertz CT molecular complexity index is 836. The SMILES string of the molecule is CS(=O)(=O)Nc1c(CC(=O)O)cccc1Oc1ccccc1Cl. The molecule has 2 N–H and O–H groups in total. The number of nitrogens with one attached hydrogen (secondary N) is 1. The van der Waals surface area contributed by atoms with Crippen LogP contribution in [0, 0.1) is 0 Å². The third-order valence-electron chi connectivity index (χ3n) is 2.80. The molecule has 23 heavy (non-hydrogen) atoms. The van der Waals surface area contributed by atoms with Crippen LogP contribution in [-0.2, 0) is 21.2 Å². The van der Waals surface area contributed by atoms with Crippen molar-refractivity contribution in [1.82, 2.24) is 0 Å². The highest BCUT2D eigenvalue weighted by Gasteiger charge is 2.17. The van der Waals surface area contributed by atoms with Crippen molar-refractivity contribution in [1.29, 1.82) is 0 Å². The minimum atomic E-state index is -3.62. The van der Waals surface area contributed by atoms with Gasteiger partial charge in [0.15, 0.2) is 5.75 Å². The Morgan fingerprint density at radius 2 is 1.83 bits per heavy atom. The van der Waals surface area contributed by atoms with Gasteiger partial charge in [-0.25, -0.2) is 8.42 Å². The minimum absolute atomic E-state index is 0.0809. The van der Waals surface area contributed by atoms with Crippen LogP contribution in [0.5, 0.6) is 11.5 Å². The van der Waals surface area contributed by atoms with Crippen molar-refractivity contribution in [2.24, 2.45) is 0 Å². The van der Waals surface area contributed by atoms with Crippen molar-refractivity contribution >= 4 is 33.3 Å². The zero-order valence-electron chi connectivity index (χ0n) is 12.1. The number of carboxylic acids is 1. The summed E-state index contributed by atoms with van der Waals surface area (Å²) in [6.07, 6.45) is 0.626. The van der Waals surface area contributed by atoms with Crippen LogP contribution in [0.3, 0.4) is 0 Å². The number of carboxylic acid groups (broad SMARTS) is 1. The molecule has 0 unspecified atom stereocenters. The lowest BCUT2D eigenvalue weighted by molar-refractivity contribution is -0.136. The summed E-state index contributed by atoms with van der Waals surface area (Å²) in [6.45, 7) is 0. The third-order valence-corrected chi connectivity index (χ3v) is 3.69. The van der Waals surface area contributed by atoms with Crippen molar-refractivity contribution in [3.63, 3.8) is 0 Å². The summed E-state index contributed by atoms with van der Waals surface area (Å²) in [5, 5.41) is 9.32. The topological polar surface area (TPSA) is 92.7 Å². The van der Waals surface area contributed by atoms with E-state index < -0.39 is 16.0 Å². The smallest absolute Gasteiger partial charge is 0.307 e. The summed E-state index contributed by atoms with van der Waals surface area (Å²) in [6, 6.07) is 11.3. The largest absolute Gasteiger partial charge is 0.481 e. The number of benzene rings is 2. The average molecular weight is 356 g/mol. The average Bonchev–Trinajstić information content (AvgIpc) is 2.43. The number of ether oxygens (including phenoxy) is 1. The number of hydrogen-bond donors (Lipinski definition) is 2. The van der Waals surface area contributed by atoms with E-state index in [1.165, 1.54) is 12.1 Å². The van der Waals surface area contributed by atoms with E-state index in [-0.39, 0.29) is 23.4 Å². The van der Waals surface area contributed by atoms with Gasteiger partial charge in [0.1, 0.15) is 5.75 Å². The number of aliphatic carboxylic acids is 1. The van der Waals surface area contributed by atoms with E-state index in [0.29, 0.717) is 10.8 Å². The van der Waals surface area contributed by atoms with Crippen LogP contribution >= 0.6 is 11.6 Å². The van der Waals surface area contributed by atoms with Crippen molar-refractivity contribution in [3.8, 4) is 11.5 Å². The van der Waals surface area contributed by atoms with Crippen LogP contribution in [0.25, 0.3) is 0 Å². The molecule has 122 valence electrons. The van der Waals surface area contributed by atoms with Gasteiger partial charge >= 0.3 is 5.97 Å². The predicted octanol–water partition coefficient (Wildman–Crippen LogP) is 3.13. The van der Waals surface area contributed by atoms with Crippen LogP contribution in [0.1, 0.15) is 5.56 Å². The third kappa shape index (κ3) is 4.87. The molecule has 2 aromatic carbocycles. The second kappa shape index (κ2) is 6.89. The van der Waals surface area contributed by atoms with Gasteiger partial charge in [0.2, 0.25) is 10.0 Å². The van der Waals surface area contributed by atoms with Crippen molar-refractivity contribution in [3.05, 3.63) is 53.1 Å². The summed E-state index contributed by atoms with van der Waals surface area (Å²) >= 11 is 6.03. The molecular weight excluding hydrogens is 342 g/mol. The molecule has 0 fully saturated rings. The molecule has 0 saturated carbocycles. The molecule has 0 aromatic heterocycles. The van der Waals surface area contributed by atoms with Crippen LogP contribution in [0.15, 0.2) is 42.5 Å². The van der Waals surface area contributed by atoms with Crippen LogP contribution < -0.4 is 9.46 Å². The maximum absolute atomic E-state index is 11.6. The minimum Gasteiger partial charge on any atom is -0.481 e. The van der Waals surface area contributed by atoms with E-state index in [0.717, 1.165) is 6.26 Å². The molecule has 0 spiro atoms. The van der Waals surface area contributed by atoms with Crippen LogP contribution in [-0.4, -0.2) is 25.7 Å². The molecule has 0 aliphatic rings. The second-order valence-electron chi connectivity index (χ2n) is 4.77. The highest BCUT2D eigenvalue weighted by molar-refractivity contribution is 7.92. The highest BCUT2D eigenvalue weighted by atomic mass is 35.5. The molecule has 0 saturated heterocycles. The van der Waals surface area contributed by atoms with Crippen molar-refractivity contribution < 1.29 is 23.1 Å². The van der Waals surface area contributed by atoms with E-state index in [9.17, 15) is 13.2 Å². The number of rotatable bonds is 6. The van der Waals surface area contributed by atoms with E-state index in [2.05, 4.69) is 4.72 Å². The highest BCUT2D eigenvalue weighted by Crippen LogP contribution is 2.36. The maximum atomic E-state index is 11.6. The first-order chi connectivity index (χ1) is 10.8. The fourth-order valence-electron chi connectivity index (χ4n) is 1.92. The van der Waals surface area contributed by atoms with Crippen molar-refractivity contribution in [2.45, 2.75) is 6.42 Å². The molecule has 0 bridgehead atoms. The Kier molecular flexibility index (Phi) is 5.12. The lowest BCUT2D eigenvalue weighted by atomic mass is 10.1. The van der Waals surface area contributed by atoms with E-state index in [4.69, 9.17) is 21.4 Å². The second-order valence-corrected chi connectivity index (χ2v) is 6.92. The molecule has 0 amide bonds. The van der Waals surface area contributed by atoms with Gasteiger partial charge in [-0.15, -0.1) is 0 Å². The predicted molar refractivity (Wildman–Crippen MR) is 87.8 cm³/mol. The number of halogens is 1. The molecule has 8 heteroatoms. The molecule has 0 radical (unpaired) electrons. The lowest BCUT2D eigenvalue weighted by Gasteiger charge is -2.16. The summed E-state index contributed by atoms with van der Waals surface area (Å²) in [7, 11) is -3.62. The zero-order chi connectivity index (χ0) is 17.0. The van der Waals surface area contributed by atoms with Gasteiger partial charge in [0.05, 0.1) is 23.4 Å². The first-order valence-corrected chi connectivity index (χ1v) is 8.77. The molecule has 0 atom stereocenters. The molecular formula is C15H14ClNO5S. The Labute approximate surface area is 138 Å². The van der Waals surface area contributed by atoms with Crippen molar-refractivity contribution in [2.75, 3.05) is 11.0 Å². The molecule has 0 heterocycles. The molecule has 0 aliphatic heterocycles. The van der Waals surface area contributed by atoms with Crippen LogP contribution in [0.2, 0.25) is 5.02 Å². The Balaban J connectivity index is 2.49. The fraction of sp³-hybridized carbons (Fsp3) is 0.133. The van der Waals surface area contributed by atoms with Gasteiger partial charge in [-0.2, -0.15) is 0 Å².